The van der Waals surface area contributed by atoms with Crippen LogP contribution in [0, 0.1) is 0 Å². The molecule has 2 amide bonds. The third kappa shape index (κ3) is 4.01. The summed E-state index contributed by atoms with van der Waals surface area (Å²) in [5, 5.41) is 11.1. The number of halogens is 1. The average Bonchev–Trinajstić information content (AvgIpc) is 2.84. The van der Waals surface area contributed by atoms with Crippen molar-refractivity contribution in [3.8, 4) is 5.75 Å². The highest BCUT2D eigenvalue weighted by atomic mass is 35.5. The molecule has 1 fully saturated rings. The standard InChI is InChI=1S/C17H11ClN2O3S2/c18-12-6-4-10(5-7-12)8-14-16(23)20(17(24)25-14)19-15(22)11-2-1-3-13(21)9-11/h1-9,21H,(H,19,22)/b14-8-. The van der Waals surface area contributed by atoms with Gasteiger partial charge in [0.15, 0.2) is 4.32 Å². The van der Waals surface area contributed by atoms with Gasteiger partial charge in [-0.3, -0.25) is 15.0 Å². The molecule has 2 N–H and O–H groups in total. The van der Waals surface area contributed by atoms with Crippen LogP contribution in [0.25, 0.3) is 6.08 Å². The van der Waals surface area contributed by atoms with Crippen LogP contribution in [0.2, 0.25) is 5.02 Å². The van der Waals surface area contributed by atoms with Crippen LogP contribution in [0.3, 0.4) is 0 Å². The highest BCUT2D eigenvalue weighted by Gasteiger charge is 2.33. The molecule has 0 aromatic heterocycles. The average molecular weight is 391 g/mol. The zero-order chi connectivity index (χ0) is 18.0. The lowest BCUT2D eigenvalue weighted by atomic mass is 10.2. The number of aromatic hydroxyl groups is 1. The number of nitrogens with one attached hydrogen (secondary N) is 1. The van der Waals surface area contributed by atoms with Gasteiger partial charge in [-0.25, -0.2) is 0 Å². The van der Waals surface area contributed by atoms with Crippen LogP contribution >= 0.6 is 35.6 Å². The fourth-order valence-corrected chi connectivity index (χ4v) is 3.39. The molecule has 0 radical (unpaired) electrons. The summed E-state index contributed by atoms with van der Waals surface area (Å²) >= 11 is 12.1. The maximum atomic E-state index is 12.5. The van der Waals surface area contributed by atoms with Crippen molar-refractivity contribution in [3.63, 3.8) is 0 Å². The number of phenols is 1. The van der Waals surface area contributed by atoms with Crippen molar-refractivity contribution in [1.29, 1.82) is 0 Å². The van der Waals surface area contributed by atoms with E-state index in [9.17, 15) is 14.7 Å². The zero-order valence-electron chi connectivity index (χ0n) is 12.6. The van der Waals surface area contributed by atoms with Crippen molar-refractivity contribution in [3.05, 3.63) is 69.6 Å². The molecule has 8 heteroatoms. The van der Waals surface area contributed by atoms with Gasteiger partial charge in [-0.1, -0.05) is 41.6 Å². The van der Waals surface area contributed by atoms with Crippen molar-refractivity contribution in [2.24, 2.45) is 0 Å². The number of carbonyl (C=O) groups excluding carboxylic acids is 2. The van der Waals surface area contributed by atoms with Gasteiger partial charge in [-0.15, -0.1) is 0 Å². The van der Waals surface area contributed by atoms with E-state index in [-0.39, 0.29) is 15.6 Å². The Hall–Kier alpha value is -2.35. The molecule has 0 saturated carbocycles. The third-order valence-corrected chi connectivity index (χ3v) is 4.84. The topological polar surface area (TPSA) is 69.6 Å². The van der Waals surface area contributed by atoms with Crippen LogP contribution in [0.15, 0.2) is 53.4 Å². The van der Waals surface area contributed by atoms with E-state index in [1.165, 1.54) is 24.3 Å². The summed E-state index contributed by atoms with van der Waals surface area (Å²) in [4.78, 5) is 25.1. The van der Waals surface area contributed by atoms with E-state index in [2.05, 4.69) is 5.43 Å². The highest BCUT2D eigenvalue weighted by Crippen LogP contribution is 2.31. The molecule has 0 spiro atoms. The summed E-state index contributed by atoms with van der Waals surface area (Å²) in [5.74, 6) is -1.00. The first kappa shape index (κ1) is 17.5. The number of rotatable bonds is 3. The molecular formula is C17H11ClN2O3S2. The Kier molecular flexibility index (Phi) is 5.08. The van der Waals surface area contributed by atoms with Crippen molar-refractivity contribution in [1.82, 2.24) is 10.4 Å². The Morgan fingerprint density at radius 1 is 1.24 bits per heavy atom. The Morgan fingerprint density at radius 2 is 1.96 bits per heavy atom. The van der Waals surface area contributed by atoms with Gasteiger partial charge in [0.05, 0.1) is 4.91 Å². The number of hydrogen-bond donors (Lipinski definition) is 2. The van der Waals surface area contributed by atoms with E-state index in [0.717, 1.165) is 22.3 Å². The number of hydrazine groups is 1. The second-order valence-electron chi connectivity index (χ2n) is 5.06. The number of thioether (sulfide) groups is 1. The lowest BCUT2D eigenvalue weighted by molar-refractivity contribution is -0.123. The highest BCUT2D eigenvalue weighted by molar-refractivity contribution is 8.26. The second kappa shape index (κ2) is 7.26. The molecular weight excluding hydrogens is 380 g/mol. The molecule has 0 atom stereocenters. The Balaban J connectivity index is 1.77. The van der Waals surface area contributed by atoms with Gasteiger partial charge in [0.2, 0.25) is 0 Å². The molecule has 1 aliphatic heterocycles. The molecule has 3 rings (SSSR count). The number of benzene rings is 2. The van der Waals surface area contributed by atoms with Crippen LogP contribution < -0.4 is 5.43 Å². The first-order chi connectivity index (χ1) is 11.9. The van der Waals surface area contributed by atoms with Gasteiger partial charge >= 0.3 is 0 Å². The molecule has 25 heavy (non-hydrogen) atoms. The van der Waals surface area contributed by atoms with Crippen molar-refractivity contribution >= 4 is 57.8 Å². The number of carbonyl (C=O) groups is 2. The molecule has 2 aromatic carbocycles. The van der Waals surface area contributed by atoms with E-state index in [1.54, 1.807) is 30.3 Å². The SMILES string of the molecule is O=C(NN1C(=O)/C(=C/c2ccc(Cl)cc2)SC1=S)c1cccc(O)c1. The van der Waals surface area contributed by atoms with Crippen LogP contribution in [-0.2, 0) is 4.79 Å². The van der Waals surface area contributed by atoms with Gasteiger partial charge < -0.3 is 5.11 Å². The molecule has 1 saturated heterocycles. The predicted octanol–water partition coefficient (Wildman–Crippen LogP) is 3.59. The normalized spacial score (nSPS) is 15.7. The minimum Gasteiger partial charge on any atom is -0.508 e. The lowest BCUT2D eigenvalue weighted by Gasteiger charge is -2.15. The van der Waals surface area contributed by atoms with Gasteiger partial charge in [0, 0.05) is 10.6 Å². The van der Waals surface area contributed by atoms with Gasteiger partial charge in [-0.05, 0) is 54.2 Å². The maximum Gasteiger partial charge on any atom is 0.285 e. The Bertz CT molecular complexity index is 897. The number of amides is 2. The third-order valence-electron chi connectivity index (χ3n) is 3.28. The zero-order valence-corrected chi connectivity index (χ0v) is 15.0. The first-order valence-corrected chi connectivity index (χ1v) is 8.68. The van der Waals surface area contributed by atoms with Crippen LogP contribution in [-0.4, -0.2) is 26.3 Å². The lowest BCUT2D eigenvalue weighted by Crippen LogP contribution is -2.44. The monoisotopic (exact) mass is 390 g/mol. The predicted molar refractivity (Wildman–Crippen MR) is 102 cm³/mol. The summed E-state index contributed by atoms with van der Waals surface area (Å²) in [5.41, 5.74) is 3.47. The smallest absolute Gasteiger partial charge is 0.285 e. The molecule has 1 heterocycles. The van der Waals surface area contributed by atoms with Crippen molar-refractivity contribution in [2.45, 2.75) is 0 Å². The van der Waals surface area contributed by atoms with Crippen molar-refractivity contribution in [2.75, 3.05) is 0 Å². The minimum atomic E-state index is -0.542. The number of thiocarbonyl (C=S) groups is 1. The number of hydrogen-bond acceptors (Lipinski definition) is 5. The maximum absolute atomic E-state index is 12.5. The van der Waals surface area contributed by atoms with Gasteiger partial charge in [0.1, 0.15) is 5.75 Å². The van der Waals surface area contributed by atoms with Crippen molar-refractivity contribution < 1.29 is 14.7 Å². The van der Waals surface area contributed by atoms with Crippen LogP contribution in [0.4, 0.5) is 0 Å². The Morgan fingerprint density at radius 3 is 2.64 bits per heavy atom. The van der Waals surface area contributed by atoms with E-state index in [1.807, 2.05) is 0 Å². The first-order valence-electron chi connectivity index (χ1n) is 7.07. The summed E-state index contributed by atoms with van der Waals surface area (Å²) in [6.45, 7) is 0. The van der Waals surface area contributed by atoms with Gasteiger partial charge in [-0.2, -0.15) is 5.01 Å². The molecule has 0 bridgehead atoms. The van der Waals surface area contributed by atoms with Gasteiger partial charge in [0.25, 0.3) is 11.8 Å². The second-order valence-corrected chi connectivity index (χ2v) is 7.17. The largest absolute Gasteiger partial charge is 0.508 e. The molecule has 5 nitrogen and oxygen atoms in total. The van der Waals surface area contributed by atoms with Crippen LogP contribution in [0.1, 0.15) is 15.9 Å². The molecule has 1 aliphatic rings. The summed E-state index contributed by atoms with van der Waals surface area (Å²) in [7, 11) is 0. The number of nitrogens with zero attached hydrogens (tertiary/aromatic N) is 1. The molecule has 2 aromatic rings. The summed E-state index contributed by atoms with van der Waals surface area (Å²) in [6, 6.07) is 12.8. The summed E-state index contributed by atoms with van der Waals surface area (Å²) in [6.07, 6.45) is 1.68. The van der Waals surface area contributed by atoms with E-state index < -0.39 is 11.8 Å². The molecule has 0 unspecified atom stereocenters. The Labute approximate surface area is 158 Å². The molecule has 126 valence electrons. The fourth-order valence-electron chi connectivity index (χ4n) is 2.09. The fraction of sp³-hybridized carbons (Fsp3) is 0. The quantitative estimate of drug-likeness (QED) is 0.619. The van der Waals surface area contributed by atoms with Crippen LogP contribution in [0.5, 0.6) is 5.75 Å². The van der Waals surface area contributed by atoms with E-state index in [0.29, 0.717) is 9.93 Å². The molecule has 0 aliphatic carbocycles. The van der Waals surface area contributed by atoms with E-state index in [4.69, 9.17) is 23.8 Å². The van der Waals surface area contributed by atoms with E-state index >= 15 is 0 Å². The summed E-state index contributed by atoms with van der Waals surface area (Å²) < 4.78 is 0.221. The minimum absolute atomic E-state index is 0.0410. The number of phenolic OH excluding ortho intramolecular Hbond substituents is 1.